The Bertz CT molecular complexity index is 243. The summed E-state index contributed by atoms with van der Waals surface area (Å²) in [5, 5.41) is 11.1. The molecule has 6 nitrogen and oxygen atoms in total. The van der Waals surface area contributed by atoms with Gasteiger partial charge in [-0.05, 0) is 20.9 Å². The zero-order valence-corrected chi connectivity index (χ0v) is 10.1. The van der Waals surface area contributed by atoms with Gasteiger partial charge >= 0.3 is 5.97 Å². The van der Waals surface area contributed by atoms with Crippen LogP contribution in [-0.4, -0.2) is 54.1 Å². The van der Waals surface area contributed by atoms with E-state index in [1.165, 1.54) is 0 Å². The minimum Gasteiger partial charge on any atom is -0.481 e. The number of aliphatic carboxylic acids is 1. The Hall–Kier alpha value is -1.14. The van der Waals surface area contributed by atoms with Gasteiger partial charge in [0.2, 0.25) is 5.91 Å². The van der Waals surface area contributed by atoms with E-state index >= 15 is 0 Å². The van der Waals surface area contributed by atoms with Crippen LogP contribution in [-0.2, 0) is 9.59 Å². The lowest BCUT2D eigenvalue weighted by Crippen LogP contribution is -2.44. The lowest BCUT2D eigenvalue weighted by molar-refractivity contribution is -0.139. The van der Waals surface area contributed by atoms with Gasteiger partial charge in [-0.2, -0.15) is 0 Å². The van der Waals surface area contributed by atoms with Crippen LogP contribution in [0.2, 0.25) is 0 Å². The number of carboxylic acid groups (broad SMARTS) is 1. The summed E-state index contributed by atoms with van der Waals surface area (Å²) in [7, 11) is 1.95. The number of hydrogen-bond donors (Lipinski definition) is 3. The highest BCUT2D eigenvalue weighted by Crippen LogP contribution is 1.92. The van der Waals surface area contributed by atoms with Gasteiger partial charge in [0.1, 0.15) is 0 Å². The van der Waals surface area contributed by atoms with E-state index in [9.17, 15) is 9.59 Å². The van der Waals surface area contributed by atoms with Crippen LogP contribution >= 0.6 is 0 Å². The Kier molecular flexibility index (Phi) is 6.67. The molecule has 94 valence electrons. The van der Waals surface area contributed by atoms with Gasteiger partial charge in [-0.25, -0.2) is 0 Å². The lowest BCUT2D eigenvalue weighted by Gasteiger charge is -2.21. The quantitative estimate of drug-likeness (QED) is 0.535. The van der Waals surface area contributed by atoms with Crippen LogP contribution in [0.5, 0.6) is 0 Å². The van der Waals surface area contributed by atoms with Crippen LogP contribution in [0.15, 0.2) is 0 Å². The number of carboxylic acids is 1. The molecule has 0 aliphatic heterocycles. The van der Waals surface area contributed by atoms with Gasteiger partial charge in [0.15, 0.2) is 0 Å². The predicted octanol–water partition coefficient (Wildman–Crippen LogP) is -0.755. The first-order chi connectivity index (χ1) is 7.34. The largest absolute Gasteiger partial charge is 0.481 e. The monoisotopic (exact) mass is 231 g/mol. The molecule has 0 aromatic carbocycles. The SMILES string of the molecule is CC(C)N(C)CCNC(=O)C(N)CC(=O)O. The first-order valence-electron chi connectivity index (χ1n) is 5.30. The molecule has 4 N–H and O–H groups in total. The molecule has 16 heavy (non-hydrogen) atoms. The summed E-state index contributed by atoms with van der Waals surface area (Å²) in [5.41, 5.74) is 5.39. The van der Waals surface area contributed by atoms with Crippen molar-refractivity contribution in [2.45, 2.75) is 32.4 Å². The minimum atomic E-state index is -1.07. The van der Waals surface area contributed by atoms with E-state index in [1.807, 2.05) is 7.05 Å². The van der Waals surface area contributed by atoms with E-state index in [2.05, 4.69) is 24.1 Å². The third-order valence-corrected chi connectivity index (χ3v) is 2.38. The van der Waals surface area contributed by atoms with Gasteiger partial charge in [-0.15, -0.1) is 0 Å². The predicted molar refractivity (Wildman–Crippen MR) is 61.0 cm³/mol. The Morgan fingerprint density at radius 1 is 1.44 bits per heavy atom. The average Bonchev–Trinajstić information content (AvgIpc) is 2.15. The summed E-state index contributed by atoms with van der Waals surface area (Å²) < 4.78 is 0. The van der Waals surface area contributed by atoms with Gasteiger partial charge < -0.3 is 21.1 Å². The first-order valence-corrected chi connectivity index (χ1v) is 5.30. The van der Waals surface area contributed by atoms with Gasteiger partial charge in [-0.3, -0.25) is 9.59 Å². The highest BCUT2D eigenvalue weighted by molar-refractivity contribution is 5.85. The van der Waals surface area contributed by atoms with Crippen LogP contribution in [0.1, 0.15) is 20.3 Å². The summed E-state index contributed by atoms with van der Waals surface area (Å²) in [6.45, 7) is 5.29. The van der Waals surface area contributed by atoms with Crippen molar-refractivity contribution in [3.8, 4) is 0 Å². The van der Waals surface area contributed by atoms with Crippen LogP contribution in [0.25, 0.3) is 0 Å². The number of likely N-dealkylation sites (N-methyl/N-ethyl adjacent to an activating group) is 1. The van der Waals surface area contributed by atoms with Crippen LogP contribution in [0.4, 0.5) is 0 Å². The molecule has 0 saturated heterocycles. The molecule has 1 atom stereocenters. The zero-order chi connectivity index (χ0) is 12.7. The van der Waals surface area contributed by atoms with Crippen molar-refractivity contribution in [1.29, 1.82) is 0 Å². The normalized spacial score (nSPS) is 12.9. The molecule has 0 radical (unpaired) electrons. The first kappa shape index (κ1) is 14.9. The van der Waals surface area contributed by atoms with E-state index in [-0.39, 0.29) is 6.42 Å². The standard InChI is InChI=1S/C10H21N3O3/c1-7(2)13(3)5-4-12-10(16)8(11)6-9(14)15/h7-8H,4-6,11H2,1-3H3,(H,12,16)(H,14,15). The Labute approximate surface area is 95.8 Å². The molecule has 0 fully saturated rings. The molecule has 0 aromatic rings. The van der Waals surface area contributed by atoms with E-state index in [4.69, 9.17) is 10.8 Å². The fourth-order valence-electron chi connectivity index (χ4n) is 1.03. The van der Waals surface area contributed by atoms with E-state index in [0.29, 0.717) is 19.1 Å². The molecule has 0 rings (SSSR count). The lowest BCUT2D eigenvalue weighted by atomic mass is 10.2. The number of rotatable bonds is 7. The van der Waals surface area contributed by atoms with Crippen molar-refractivity contribution < 1.29 is 14.7 Å². The fraction of sp³-hybridized carbons (Fsp3) is 0.800. The third kappa shape index (κ3) is 6.36. The van der Waals surface area contributed by atoms with Gasteiger partial charge in [-0.1, -0.05) is 0 Å². The molecule has 1 unspecified atom stereocenters. The topological polar surface area (TPSA) is 95.7 Å². The number of nitrogens with two attached hydrogens (primary N) is 1. The maximum atomic E-state index is 11.3. The second kappa shape index (κ2) is 7.19. The maximum absolute atomic E-state index is 11.3. The zero-order valence-electron chi connectivity index (χ0n) is 10.1. The molecule has 0 aromatic heterocycles. The number of carbonyl (C=O) groups is 2. The summed E-state index contributed by atoms with van der Waals surface area (Å²) in [6.07, 6.45) is -0.341. The summed E-state index contributed by atoms with van der Waals surface area (Å²) in [5.74, 6) is -1.48. The average molecular weight is 231 g/mol. The molecule has 0 saturated carbocycles. The Morgan fingerprint density at radius 3 is 2.44 bits per heavy atom. The van der Waals surface area contributed by atoms with Gasteiger partial charge in [0.05, 0.1) is 12.5 Å². The number of nitrogens with one attached hydrogen (secondary N) is 1. The molecular weight excluding hydrogens is 210 g/mol. The van der Waals surface area contributed by atoms with Crippen molar-refractivity contribution in [1.82, 2.24) is 10.2 Å². The van der Waals surface area contributed by atoms with Crippen LogP contribution in [0.3, 0.4) is 0 Å². The molecule has 0 aliphatic rings. The van der Waals surface area contributed by atoms with Crippen molar-refractivity contribution >= 4 is 11.9 Å². The minimum absolute atomic E-state index is 0.341. The van der Waals surface area contributed by atoms with Gasteiger partial charge in [0, 0.05) is 19.1 Å². The summed E-state index contributed by atoms with van der Waals surface area (Å²) >= 11 is 0. The molecule has 0 heterocycles. The second-order valence-corrected chi connectivity index (χ2v) is 4.07. The van der Waals surface area contributed by atoms with Crippen molar-refractivity contribution in [2.24, 2.45) is 5.73 Å². The summed E-state index contributed by atoms with van der Waals surface area (Å²) in [6, 6.07) is -0.563. The van der Waals surface area contributed by atoms with Crippen LogP contribution in [0, 0.1) is 0 Å². The number of nitrogens with zero attached hydrogens (tertiary/aromatic N) is 1. The number of hydrogen-bond acceptors (Lipinski definition) is 4. The van der Waals surface area contributed by atoms with Gasteiger partial charge in [0.25, 0.3) is 0 Å². The smallest absolute Gasteiger partial charge is 0.305 e. The number of amides is 1. The molecular formula is C10H21N3O3. The van der Waals surface area contributed by atoms with Crippen molar-refractivity contribution in [2.75, 3.05) is 20.1 Å². The Morgan fingerprint density at radius 2 is 2.00 bits per heavy atom. The highest BCUT2D eigenvalue weighted by atomic mass is 16.4. The molecule has 1 amide bonds. The van der Waals surface area contributed by atoms with Crippen molar-refractivity contribution in [3.05, 3.63) is 0 Å². The molecule has 0 spiro atoms. The van der Waals surface area contributed by atoms with E-state index in [1.54, 1.807) is 0 Å². The Balaban J connectivity index is 3.77. The molecule has 6 heteroatoms. The summed E-state index contributed by atoms with van der Waals surface area (Å²) in [4.78, 5) is 23.7. The third-order valence-electron chi connectivity index (χ3n) is 2.38. The van der Waals surface area contributed by atoms with Crippen LogP contribution < -0.4 is 11.1 Å². The number of carbonyl (C=O) groups excluding carboxylic acids is 1. The maximum Gasteiger partial charge on any atom is 0.305 e. The van der Waals surface area contributed by atoms with Crippen molar-refractivity contribution in [3.63, 3.8) is 0 Å². The molecule has 0 bridgehead atoms. The highest BCUT2D eigenvalue weighted by Gasteiger charge is 2.16. The molecule has 0 aliphatic carbocycles. The fourth-order valence-corrected chi connectivity index (χ4v) is 1.03. The van der Waals surface area contributed by atoms with E-state index in [0.717, 1.165) is 0 Å². The second-order valence-electron chi connectivity index (χ2n) is 4.07. The van der Waals surface area contributed by atoms with E-state index < -0.39 is 17.9 Å².